The average molecular weight is 390 g/mol. The van der Waals surface area contributed by atoms with Gasteiger partial charge in [-0.05, 0) is 42.5 Å². The van der Waals surface area contributed by atoms with E-state index in [2.05, 4.69) is 32.5 Å². The second kappa shape index (κ2) is 8.82. The molecule has 1 unspecified atom stereocenters. The number of ether oxygens (including phenoxy) is 1. The van der Waals surface area contributed by atoms with Gasteiger partial charge in [0.15, 0.2) is 0 Å². The summed E-state index contributed by atoms with van der Waals surface area (Å²) in [5.41, 5.74) is 4.57. The first-order chi connectivity index (χ1) is 14.2. The molecule has 0 spiro atoms. The Balaban J connectivity index is 1.38. The van der Waals surface area contributed by atoms with Crippen LogP contribution in [0.15, 0.2) is 60.8 Å². The molecule has 2 N–H and O–H groups in total. The Morgan fingerprint density at radius 3 is 2.83 bits per heavy atom. The Kier molecular flexibility index (Phi) is 5.79. The predicted molar refractivity (Wildman–Crippen MR) is 112 cm³/mol. The van der Waals surface area contributed by atoms with Crippen molar-refractivity contribution >= 4 is 6.03 Å². The molecule has 0 fully saturated rings. The van der Waals surface area contributed by atoms with Crippen LogP contribution in [0.5, 0.6) is 5.75 Å². The molecule has 0 saturated heterocycles. The predicted octanol–water partition coefficient (Wildman–Crippen LogP) is 3.82. The van der Waals surface area contributed by atoms with E-state index in [4.69, 9.17) is 4.74 Å². The van der Waals surface area contributed by atoms with Gasteiger partial charge in [0.2, 0.25) is 0 Å². The van der Waals surface area contributed by atoms with E-state index in [0.717, 1.165) is 42.7 Å². The van der Waals surface area contributed by atoms with Crippen molar-refractivity contribution in [3.05, 3.63) is 83.2 Å². The highest BCUT2D eigenvalue weighted by molar-refractivity contribution is 5.74. The van der Waals surface area contributed by atoms with Crippen molar-refractivity contribution in [1.82, 2.24) is 20.4 Å². The zero-order chi connectivity index (χ0) is 20.1. The highest BCUT2D eigenvalue weighted by Crippen LogP contribution is 2.30. The molecule has 1 heterocycles. The molecule has 1 aliphatic carbocycles. The molecule has 2 aromatic carbocycles. The van der Waals surface area contributed by atoms with E-state index in [1.807, 2.05) is 48.7 Å². The van der Waals surface area contributed by atoms with Crippen molar-refractivity contribution in [3.8, 4) is 5.75 Å². The summed E-state index contributed by atoms with van der Waals surface area (Å²) in [6.45, 7) is 1.21. The highest BCUT2D eigenvalue weighted by atomic mass is 16.5. The third-order valence-corrected chi connectivity index (χ3v) is 5.33. The first kappa shape index (κ1) is 19.1. The average Bonchev–Trinajstić information content (AvgIpc) is 3.17. The number of nitrogens with zero attached hydrogens (tertiary/aromatic N) is 2. The van der Waals surface area contributed by atoms with Crippen LogP contribution >= 0.6 is 0 Å². The third-order valence-electron chi connectivity index (χ3n) is 5.33. The van der Waals surface area contributed by atoms with Gasteiger partial charge < -0.3 is 15.4 Å². The summed E-state index contributed by atoms with van der Waals surface area (Å²) in [7, 11) is 1.64. The van der Waals surface area contributed by atoms with Gasteiger partial charge in [-0.3, -0.25) is 4.68 Å². The number of urea groups is 1. The second-order valence-corrected chi connectivity index (χ2v) is 7.31. The third kappa shape index (κ3) is 4.59. The van der Waals surface area contributed by atoms with Crippen molar-refractivity contribution in [2.45, 2.75) is 38.4 Å². The van der Waals surface area contributed by atoms with E-state index < -0.39 is 0 Å². The summed E-state index contributed by atoms with van der Waals surface area (Å²) in [6, 6.07) is 17.9. The molecule has 2 amide bonds. The van der Waals surface area contributed by atoms with Crippen molar-refractivity contribution in [2.24, 2.45) is 0 Å². The molecule has 29 heavy (non-hydrogen) atoms. The van der Waals surface area contributed by atoms with Crippen molar-refractivity contribution in [3.63, 3.8) is 0 Å². The lowest BCUT2D eigenvalue weighted by Gasteiger charge is -2.24. The molecule has 6 nitrogen and oxygen atoms in total. The molecular formula is C23H26N4O2. The summed E-state index contributed by atoms with van der Waals surface area (Å²) in [6.07, 6.45) is 4.86. The van der Waals surface area contributed by atoms with Gasteiger partial charge in [0.1, 0.15) is 5.75 Å². The van der Waals surface area contributed by atoms with E-state index >= 15 is 0 Å². The second-order valence-electron chi connectivity index (χ2n) is 7.31. The number of fused-ring (bicyclic) bond motifs is 1. The molecule has 6 heteroatoms. The number of carbonyl (C=O) groups is 1. The lowest BCUT2D eigenvalue weighted by molar-refractivity contribution is 0.235. The Bertz CT molecular complexity index is 968. The van der Waals surface area contributed by atoms with Crippen LogP contribution in [0.3, 0.4) is 0 Å². The van der Waals surface area contributed by atoms with Gasteiger partial charge in [0.05, 0.1) is 25.9 Å². The van der Waals surface area contributed by atoms with Gasteiger partial charge in [0, 0.05) is 17.8 Å². The highest BCUT2D eigenvalue weighted by Gasteiger charge is 2.25. The van der Waals surface area contributed by atoms with Crippen molar-refractivity contribution < 1.29 is 9.53 Å². The number of amides is 2. The molecule has 150 valence electrons. The fourth-order valence-electron chi connectivity index (χ4n) is 3.84. The van der Waals surface area contributed by atoms with Crippen LogP contribution in [0, 0.1) is 0 Å². The van der Waals surface area contributed by atoms with Crippen LogP contribution < -0.4 is 15.4 Å². The molecule has 0 bridgehead atoms. The van der Waals surface area contributed by atoms with Crippen LogP contribution in [0.2, 0.25) is 0 Å². The maximum absolute atomic E-state index is 12.5. The summed E-state index contributed by atoms with van der Waals surface area (Å²) in [4.78, 5) is 12.5. The number of hydrogen-bond acceptors (Lipinski definition) is 3. The zero-order valence-corrected chi connectivity index (χ0v) is 16.6. The molecule has 1 aromatic heterocycles. The van der Waals surface area contributed by atoms with Gasteiger partial charge in [-0.25, -0.2) is 4.79 Å². The number of carbonyl (C=O) groups excluding carboxylic acids is 1. The Labute approximate surface area is 170 Å². The molecule has 1 aliphatic rings. The minimum atomic E-state index is -0.165. The lowest BCUT2D eigenvalue weighted by Crippen LogP contribution is -2.38. The quantitative estimate of drug-likeness (QED) is 0.672. The summed E-state index contributed by atoms with van der Waals surface area (Å²) in [5.74, 6) is 0.785. The smallest absolute Gasteiger partial charge is 0.315 e. The van der Waals surface area contributed by atoms with Crippen molar-refractivity contribution in [2.75, 3.05) is 7.11 Å². The standard InChI is InChI=1S/C23H26N4O2/c1-29-19-10-5-9-18(13-19)14-24-23(28)26-21-11-6-12-22-20(21)15-25-27(22)16-17-7-3-2-4-8-17/h2-5,7-10,13,15,21H,6,11-12,14,16H2,1H3,(H2,24,26,28). The Hall–Kier alpha value is -3.28. The monoisotopic (exact) mass is 390 g/mol. The number of methoxy groups -OCH3 is 1. The molecule has 1 atom stereocenters. The summed E-state index contributed by atoms with van der Waals surface area (Å²) in [5, 5.41) is 10.7. The first-order valence-electron chi connectivity index (χ1n) is 9.99. The fraction of sp³-hybridized carbons (Fsp3) is 0.304. The van der Waals surface area contributed by atoms with Crippen molar-refractivity contribution in [1.29, 1.82) is 0 Å². The Morgan fingerprint density at radius 2 is 2.00 bits per heavy atom. The van der Waals surface area contributed by atoms with Gasteiger partial charge in [-0.2, -0.15) is 5.10 Å². The van der Waals surface area contributed by atoms with E-state index in [0.29, 0.717) is 6.54 Å². The molecule has 3 aromatic rings. The number of hydrogen-bond donors (Lipinski definition) is 2. The van der Waals surface area contributed by atoms with Gasteiger partial charge in [-0.1, -0.05) is 42.5 Å². The molecular weight excluding hydrogens is 364 g/mol. The van der Waals surface area contributed by atoms with Gasteiger partial charge >= 0.3 is 6.03 Å². The molecule has 0 saturated carbocycles. The van der Waals surface area contributed by atoms with E-state index in [9.17, 15) is 4.79 Å². The number of nitrogens with one attached hydrogen (secondary N) is 2. The van der Waals surface area contributed by atoms with Gasteiger partial charge in [0.25, 0.3) is 0 Å². The normalized spacial score (nSPS) is 15.4. The Morgan fingerprint density at radius 1 is 1.17 bits per heavy atom. The van der Waals surface area contributed by atoms with Crippen LogP contribution in [0.25, 0.3) is 0 Å². The summed E-state index contributed by atoms with van der Waals surface area (Å²) < 4.78 is 7.29. The molecule has 4 rings (SSSR count). The number of rotatable bonds is 6. The minimum Gasteiger partial charge on any atom is -0.497 e. The van der Waals surface area contributed by atoms with Crippen LogP contribution in [-0.4, -0.2) is 22.9 Å². The number of aromatic nitrogens is 2. The fourth-order valence-corrected chi connectivity index (χ4v) is 3.84. The van der Waals surface area contributed by atoms with E-state index in [1.165, 1.54) is 11.3 Å². The summed E-state index contributed by atoms with van der Waals surface area (Å²) >= 11 is 0. The first-order valence-corrected chi connectivity index (χ1v) is 9.99. The molecule has 0 aliphatic heterocycles. The number of benzene rings is 2. The van der Waals surface area contributed by atoms with Crippen LogP contribution in [0.1, 0.15) is 41.3 Å². The maximum atomic E-state index is 12.5. The molecule has 0 radical (unpaired) electrons. The topological polar surface area (TPSA) is 68.2 Å². The largest absolute Gasteiger partial charge is 0.497 e. The SMILES string of the molecule is COc1cccc(CNC(=O)NC2CCCc3c2cnn3Cc2ccccc2)c1. The van der Waals surface area contributed by atoms with Crippen LogP contribution in [0.4, 0.5) is 4.79 Å². The lowest BCUT2D eigenvalue weighted by atomic mass is 9.93. The maximum Gasteiger partial charge on any atom is 0.315 e. The van der Waals surface area contributed by atoms with E-state index in [-0.39, 0.29) is 12.1 Å². The minimum absolute atomic E-state index is 0.00594. The van der Waals surface area contributed by atoms with Crippen LogP contribution in [-0.2, 0) is 19.5 Å². The zero-order valence-electron chi connectivity index (χ0n) is 16.6. The van der Waals surface area contributed by atoms with E-state index in [1.54, 1.807) is 7.11 Å². The van der Waals surface area contributed by atoms with Gasteiger partial charge in [-0.15, -0.1) is 0 Å².